The van der Waals surface area contributed by atoms with Gasteiger partial charge < -0.3 is 10.6 Å². The summed E-state index contributed by atoms with van der Waals surface area (Å²) >= 11 is 5.67. The van der Waals surface area contributed by atoms with E-state index in [-0.39, 0.29) is 23.2 Å². The number of halogens is 1. The molecule has 6 nitrogen and oxygen atoms in total. The lowest BCUT2D eigenvalue weighted by Gasteiger charge is -2.06. The van der Waals surface area contributed by atoms with E-state index in [1.165, 1.54) is 18.2 Å². The first-order valence-corrected chi connectivity index (χ1v) is 5.91. The van der Waals surface area contributed by atoms with E-state index >= 15 is 0 Å². The van der Waals surface area contributed by atoms with E-state index in [2.05, 4.69) is 10.6 Å². The van der Waals surface area contributed by atoms with Crippen LogP contribution in [0.1, 0.15) is 12.8 Å². The highest BCUT2D eigenvalue weighted by atomic mass is 35.5. The summed E-state index contributed by atoms with van der Waals surface area (Å²) in [6.07, 6.45) is 2.19. The van der Waals surface area contributed by atoms with Gasteiger partial charge in [0.05, 0.1) is 11.5 Å². The molecule has 2 rings (SSSR count). The molecule has 1 fully saturated rings. The van der Waals surface area contributed by atoms with Gasteiger partial charge in [-0.05, 0) is 25.0 Å². The standard InChI is InChI=1S/C11H12ClN3O3/c12-9-4-3-8(5-10(9)15(17)18)14-11(16)6-13-7-1-2-7/h3-5,7,13H,1-2,6H2,(H,14,16). The van der Waals surface area contributed by atoms with Gasteiger partial charge in [0.2, 0.25) is 5.91 Å². The summed E-state index contributed by atoms with van der Waals surface area (Å²) in [6, 6.07) is 4.61. The van der Waals surface area contributed by atoms with Crippen molar-refractivity contribution in [3.05, 3.63) is 33.3 Å². The largest absolute Gasteiger partial charge is 0.325 e. The van der Waals surface area contributed by atoms with Gasteiger partial charge in [-0.15, -0.1) is 0 Å². The second-order valence-corrected chi connectivity index (χ2v) is 4.53. The molecule has 0 saturated heterocycles. The van der Waals surface area contributed by atoms with Crippen molar-refractivity contribution in [2.45, 2.75) is 18.9 Å². The Morgan fingerprint density at radius 1 is 1.50 bits per heavy atom. The maximum atomic E-state index is 11.5. The number of hydrogen-bond donors (Lipinski definition) is 2. The predicted molar refractivity (Wildman–Crippen MR) is 67.8 cm³/mol. The predicted octanol–water partition coefficient (Wildman–Crippen LogP) is 1.94. The fraction of sp³-hybridized carbons (Fsp3) is 0.364. The average molecular weight is 270 g/mol. The molecule has 7 heteroatoms. The van der Waals surface area contributed by atoms with Crippen LogP contribution >= 0.6 is 11.6 Å². The third-order valence-electron chi connectivity index (χ3n) is 2.56. The fourth-order valence-corrected chi connectivity index (χ4v) is 1.65. The molecule has 0 unspecified atom stereocenters. The molecule has 0 atom stereocenters. The van der Waals surface area contributed by atoms with E-state index in [9.17, 15) is 14.9 Å². The number of hydrogen-bond acceptors (Lipinski definition) is 4. The van der Waals surface area contributed by atoms with Crippen molar-refractivity contribution in [3.63, 3.8) is 0 Å². The quantitative estimate of drug-likeness (QED) is 0.632. The summed E-state index contributed by atoms with van der Waals surface area (Å²) in [5.41, 5.74) is 0.151. The zero-order chi connectivity index (χ0) is 13.1. The first kappa shape index (κ1) is 12.8. The minimum Gasteiger partial charge on any atom is -0.325 e. The lowest BCUT2D eigenvalue weighted by molar-refractivity contribution is -0.384. The Bertz CT molecular complexity index is 488. The fourth-order valence-electron chi connectivity index (χ4n) is 1.46. The molecule has 0 aliphatic heterocycles. The number of nitro groups is 1. The minimum absolute atomic E-state index is 0.0501. The van der Waals surface area contributed by atoms with E-state index in [1.807, 2.05) is 0 Å². The SMILES string of the molecule is O=C(CNC1CC1)Nc1ccc(Cl)c([N+](=O)[O-])c1. The summed E-state index contributed by atoms with van der Waals surface area (Å²) in [6.45, 7) is 0.209. The van der Waals surface area contributed by atoms with Gasteiger partial charge in [0.25, 0.3) is 5.69 Å². The Morgan fingerprint density at radius 3 is 2.83 bits per heavy atom. The lowest BCUT2D eigenvalue weighted by atomic mass is 10.3. The van der Waals surface area contributed by atoms with Gasteiger partial charge in [-0.3, -0.25) is 14.9 Å². The van der Waals surface area contributed by atoms with Crippen molar-refractivity contribution < 1.29 is 9.72 Å². The van der Waals surface area contributed by atoms with Crippen LogP contribution in [-0.4, -0.2) is 23.4 Å². The number of rotatable bonds is 5. The molecule has 1 aromatic rings. The topological polar surface area (TPSA) is 84.3 Å². The van der Waals surface area contributed by atoms with Crippen LogP contribution < -0.4 is 10.6 Å². The second-order valence-electron chi connectivity index (χ2n) is 4.13. The molecule has 1 aliphatic rings. The van der Waals surface area contributed by atoms with Crippen LogP contribution in [0.3, 0.4) is 0 Å². The van der Waals surface area contributed by atoms with Gasteiger partial charge in [-0.1, -0.05) is 11.6 Å². The van der Waals surface area contributed by atoms with E-state index < -0.39 is 4.92 Å². The molecule has 18 heavy (non-hydrogen) atoms. The van der Waals surface area contributed by atoms with Gasteiger partial charge in [0.1, 0.15) is 5.02 Å². The van der Waals surface area contributed by atoms with Gasteiger partial charge in [0.15, 0.2) is 0 Å². The normalized spacial score (nSPS) is 14.3. The van der Waals surface area contributed by atoms with Crippen molar-refractivity contribution >= 4 is 28.9 Å². The highest BCUT2D eigenvalue weighted by molar-refractivity contribution is 6.32. The van der Waals surface area contributed by atoms with Crippen molar-refractivity contribution in [1.82, 2.24) is 5.32 Å². The molecule has 0 spiro atoms. The molecule has 0 bridgehead atoms. The summed E-state index contributed by atoms with van der Waals surface area (Å²) in [7, 11) is 0. The lowest BCUT2D eigenvalue weighted by Crippen LogP contribution is -2.29. The van der Waals surface area contributed by atoms with Crippen LogP contribution in [0.25, 0.3) is 0 Å². The van der Waals surface area contributed by atoms with Gasteiger partial charge in [0, 0.05) is 17.8 Å². The van der Waals surface area contributed by atoms with Crippen LogP contribution in [0.5, 0.6) is 0 Å². The Morgan fingerprint density at radius 2 is 2.22 bits per heavy atom. The Labute approximate surface area is 108 Å². The van der Waals surface area contributed by atoms with E-state index in [0.717, 1.165) is 12.8 Å². The molecule has 0 heterocycles. The Kier molecular flexibility index (Phi) is 3.78. The molecule has 1 amide bonds. The average Bonchev–Trinajstić information content (AvgIpc) is 3.12. The zero-order valence-electron chi connectivity index (χ0n) is 9.48. The van der Waals surface area contributed by atoms with E-state index in [4.69, 9.17) is 11.6 Å². The smallest absolute Gasteiger partial charge is 0.289 e. The highest BCUT2D eigenvalue weighted by Gasteiger charge is 2.21. The first-order chi connectivity index (χ1) is 8.56. The number of nitrogens with one attached hydrogen (secondary N) is 2. The number of nitrogens with zero attached hydrogens (tertiary/aromatic N) is 1. The van der Waals surface area contributed by atoms with Crippen molar-refractivity contribution in [1.29, 1.82) is 0 Å². The molecule has 1 saturated carbocycles. The monoisotopic (exact) mass is 269 g/mol. The van der Waals surface area contributed by atoms with Gasteiger partial charge >= 0.3 is 0 Å². The molecule has 1 aliphatic carbocycles. The van der Waals surface area contributed by atoms with Gasteiger partial charge in [-0.2, -0.15) is 0 Å². The molecular weight excluding hydrogens is 258 g/mol. The molecule has 96 valence electrons. The number of amides is 1. The molecule has 0 radical (unpaired) electrons. The third kappa shape index (κ3) is 3.41. The number of nitro benzene ring substituents is 1. The summed E-state index contributed by atoms with van der Waals surface area (Å²) in [5.74, 6) is -0.224. The number of anilines is 1. The van der Waals surface area contributed by atoms with Crippen LogP contribution in [0.4, 0.5) is 11.4 Å². The van der Waals surface area contributed by atoms with Crippen molar-refractivity contribution in [2.75, 3.05) is 11.9 Å². The molecule has 1 aromatic carbocycles. The summed E-state index contributed by atoms with van der Waals surface area (Å²) < 4.78 is 0. The number of benzene rings is 1. The molecular formula is C11H12ClN3O3. The van der Waals surface area contributed by atoms with Crippen LogP contribution in [-0.2, 0) is 4.79 Å². The summed E-state index contributed by atoms with van der Waals surface area (Å²) in [5, 5.41) is 16.4. The number of carbonyl (C=O) groups excluding carboxylic acids is 1. The van der Waals surface area contributed by atoms with Gasteiger partial charge in [-0.25, -0.2) is 0 Å². The van der Waals surface area contributed by atoms with E-state index in [0.29, 0.717) is 11.7 Å². The molecule has 0 aromatic heterocycles. The third-order valence-corrected chi connectivity index (χ3v) is 2.87. The minimum atomic E-state index is -0.583. The molecule has 2 N–H and O–H groups in total. The van der Waals surface area contributed by atoms with Crippen LogP contribution in [0.2, 0.25) is 5.02 Å². The Balaban J connectivity index is 1.97. The zero-order valence-corrected chi connectivity index (χ0v) is 10.2. The summed E-state index contributed by atoms with van der Waals surface area (Å²) in [4.78, 5) is 21.6. The Hall–Kier alpha value is -1.66. The first-order valence-electron chi connectivity index (χ1n) is 5.53. The van der Waals surface area contributed by atoms with E-state index in [1.54, 1.807) is 0 Å². The maximum absolute atomic E-state index is 11.5. The van der Waals surface area contributed by atoms with Crippen molar-refractivity contribution in [3.8, 4) is 0 Å². The second kappa shape index (κ2) is 5.32. The van der Waals surface area contributed by atoms with Crippen LogP contribution in [0.15, 0.2) is 18.2 Å². The van der Waals surface area contributed by atoms with Crippen molar-refractivity contribution in [2.24, 2.45) is 0 Å². The van der Waals surface area contributed by atoms with Crippen LogP contribution in [0, 0.1) is 10.1 Å². The maximum Gasteiger partial charge on any atom is 0.289 e. The highest BCUT2D eigenvalue weighted by Crippen LogP contribution is 2.27. The number of carbonyl (C=O) groups is 1.